The van der Waals surface area contributed by atoms with Crippen LogP contribution in [-0.2, 0) is 0 Å². The average Bonchev–Trinajstić information content (AvgIpc) is 2.69. The van der Waals surface area contributed by atoms with Crippen molar-refractivity contribution >= 4 is 15.9 Å². The van der Waals surface area contributed by atoms with Crippen LogP contribution in [0.1, 0.15) is 37.3 Å². The Bertz CT molecular complexity index is 475. The van der Waals surface area contributed by atoms with E-state index in [1.54, 1.807) is 6.07 Å². The van der Waals surface area contributed by atoms with Crippen molar-refractivity contribution in [2.75, 3.05) is 19.8 Å². The number of hydrogen-bond donors (Lipinski definition) is 1. The summed E-state index contributed by atoms with van der Waals surface area (Å²) >= 11 is 3.31. The Hall–Kier alpha value is -0.810. The molecule has 2 aliphatic rings. The van der Waals surface area contributed by atoms with Crippen LogP contribution >= 0.6 is 15.9 Å². The number of ether oxygens (including phenoxy) is 2. The first kappa shape index (κ1) is 13.2. The number of hydrogen-bond acceptors (Lipinski definition) is 3. The van der Waals surface area contributed by atoms with E-state index in [1.807, 2.05) is 0 Å². The molecule has 1 aromatic carbocycles. The Morgan fingerprint density at radius 1 is 1.21 bits per heavy atom. The van der Waals surface area contributed by atoms with Gasteiger partial charge in [-0.3, -0.25) is 0 Å². The molecule has 0 radical (unpaired) electrons. The fraction of sp³-hybridized carbons (Fsp3) is 0.571. The summed E-state index contributed by atoms with van der Waals surface area (Å²) < 4.78 is 26.1. The molecule has 1 aromatic rings. The first-order valence-corrected chi connectivity index (χ1v) is 7.57. The molecule has 3 nitrogen and oxygen atoms in total. The van der Waals surface area contributed by atoms with E-state index in [9.17, 15) is 4.39 Å². The second-order valence-electron chi connectivity index (χ2n) is 4.97. The van der Waals surface area contributed by atoms with Crippen molar-refractivity contribution < 1.29 is 13.9 Å². The summed E-state index contributed by atoms with van der Waals surface area (Å²) in [5, 5.41) is 3.37. The molecule has 0 bridgehead atoms. The number of nitrogens with one attached hydrogen (secondary N) is 1. The zero-order valence-electron chi connectivity index (χ0n) is 10.7. The summed E-state index contributed by atoms with van der Waals surface area (Å²) in [6, 6.07) is 1.87. The lowest BCUT2D eigenvalue weighted by Gasteiger charge is -2.25. The average molecular weight is 330 g/mol. The molecule has 0 aliphatic carbocycles. The van der Waals surface area contributed by atoms with E-state index in [4.69, 9.17) is 9.47 Å². The maximum Gasteiger partial charge on any atom is 0.178 e. The SMILES string of the molecule is Fc1c(C2CCCCN2)cc2c(c1Br)OCCCO2. The van der Waals surface area contributed by atoms with Crippen LogP contribution < -0.4 is 14.8 Å². The summed E-state index contributed by atoms with van der Waals surface area (Å²) in [5.41, 5.74) is 0.677. The van der Waals surface area contributed by atoms with E-state index in [1.165, 1.54) is 0 Å². The maximum absolute atomic E-state index is 14.5. The van der Waals surface area contributed by atoms with Gasteiger partial charge in [-0.05, 0) is 41.4 Å². The standard InChI is InChI=1S/C14H17BrFNO2/c15-12-13(16)9(10-4-1-2-5-17-10)8-11-14(12)19-7-3-6-18-11/h8,10,17H,1-7H2. The van der Waals surface area contributed by atoms with Crippen LogP contribution in [0.3, 0.4) is 0 Å². The monoisotopic (exact) mass is 329 g/mol. The van der Waals surface area contributed by atoms with Gasteiger partial charge in [0.1, 0.15) is 5.82 Å². The fourth-order valence-corrected chi connectivity index (χ4v) is 3.17. The van der Waals surface area contributed by atoms with Crippen molar-refractivity contribution in [3.63, 3.8) is 0 Å². The van der Waals surface area contributed by atoms with Crippen LogP contribution in [-0.4, -0.2) is 19.8 Å². The smallest absolute Gasteiger partial charge is 0.178 e. The summed E-state index contributed by atoms with van der Waals surface area (Å²) in [6.07, 6.45) is 4.07. The van der Waals surface area contributed by atoms with Gasteiger partial charge in [0, 0.05) is 18.0 Å². The first-order valence-electron chi connectivity index (χ1n) is 6.78. The van der Waals surface area contributed by atoms with Gasteiger partial charge in [0.15, 0.2) is 11.5 Å². The third-order valence-corrected chi connectivity index (χ3v) is 4.34. The van der Waals surface area contributed by atoms with Gasteiger partial charge in [0.2, 0.25) is 0 Å². The fourth-order valence-electron chi connectivity index (χ4n) is 2.63. The van der Waals surface area contributed by atoms with Crippen LogP contribution in [0.2, 0.25) is 0 Å². The predicted molar refractivity (Wildman–Crippen MR) is 74.3 cm³/mol. The maximum atomic E-state index is 14.5. The Morgan fingerprint density at radius 2 is 2.05 bits per heavy atom. The molecule has 2 heterocycles. The van der Waals surface area contributed by atoms with Gasteiger partial charge in [-0.2, -0.15) is 0 Å². The van der Waals surface area contributed by atoms with E-state index >= 15 is 0 Å². The number of benzene rings is 1. The molecular weight excluding hydrogens is 313 g/mol. The Labute approximate surface area is 120 Å². The van der Waals surface area contributed by atoms with Crippen molar-refractivity contribution in [2.45, 2.75) is 31.7 Å². The van der Waals surface area contributed by atoms with Crippen molar-refractivity contribution in [1.29, 1.82) is 0 Å². The van der Waals surface area contributed by atoms with Gasteiger partial charge in [-0.25, -0.2) is 4.39 Å². The summed E-state index contributed by atoms with van der Waals surface area (Å²) in [5.74, 6) is 0.909. The molecule has 1 unspecified atom stereocenters. The summed E-state index contributed by atoms with van der Waals surface area (Å²) in [7, 11) is 0. The molecule has 0 aromatic heterocycles. The van der Waals surface area contributed by atoms with Gasteiger partial charge >= 0.3 is 0 Å². The lowest BCUT2D eigenvalue weighted by atomic mass is 9.96. The second kappa shape index (κ2) is 5.67. The number of halogens is 2. The highest BCUT2D eigenvalue weighted by Crippen LogP contribution is 2.42. The minimum atomic E-state index is -0.233. The third-order valence-electron chi connectivity index (χ3n) is 3.63. The van der Waals surface area contributed by atoms with Crippen LogP contribution in [0.4, 0.5) is 4.39 Å². The molecule has 1 N–H and O–H groups in total. The quantitative estimate of drug-likeness (QED) is 0.854. The van der Waals surface area contributed by atoms with Gasteiger partial charge < -0.3 is 14.8 Å². The summed E-state index contributed by atoms with van der Waals surface area (Å²) in [4.78, 5) is 0. The van der Waals surface area contributed by atoms with Crippen molar-refractivity contribution in [3.05, 3.63) is 21.9 Å². The predicted octanol–water partition coefficient (Wildman–Crippen LogP) is 3.56. The zero-order valence-corrected chi connectivity index (χ0v) is 12.3. The van der Waals surface area contributed by atoms with E-state index in [0.717, 1.165) is 32.2 Å². The molecular formula is C14H17BrFNO2. The Kier molecular flexibility index (Phi) is 3.93. The molecule has 1 fully saturated rings. The van der Waals surface area contributed by atoms with E-state index < -0.39 is 0 Å². The van der Waals surface area contributed by atoms with Crippen molar-refractivity contribution in [1.82, 2.24) is 5.32 Å². The second-order valence-corrected chi connectivity index (χ2v) is 5.77. The first-order chi connectivity index (χ1) is 9.27. The van der Waals surface area contributed by atoms with Gasteiger partial charge in [-0.15, -0.1) is 0 Å². The van der Waals surface area contributed by atoms with Crippen molar-refractivity contribution in [3.8, 4) is 11.5 Å². The number of piperidine rings is 1. The van der Waals surface area contributed by atoms with E-state index in [0.29, 0.717) is 34.7 Å². The molecule has 0 spiro atoms. The number of rotatable bonds is 1. The molecule has 5 heteroatoms. The van der Waals surface area contributed by atoms with Gasteiger partial charge in [-0.1, -0.05) is 6.42 Å². The van der Waals surface area contributed by atoms with Gasteiger partial charge in [0.05, 0.1) is 17.7 Å². The zero-order chi connectivity index (χ0) is 13.2. The third kappa shape index (κ3) is 2.58. The highest BCUT2D eigenvalue weighted by Gasteiger charge is 2.25. The normalized spacial score (nSPS) is 22.9. The Balaban J connectivity index is 2.00. The van der Waals surface area contributed by atoms with Crippen LogP contribution in [0.25, 0.3) is 0 Å². The lowest BCUT2D eigenvalue weighted by molar-refractivity contribution is 0.296. The topological polar surface area (TPSA) is 30.5 Å². The molecule has 104 valence electrons. The highest BCUT2D eigenvalue weighted by molar-refractivity contribution is 9.10. The van der Waals surface area contributed by atoms with E-state index in [-0.39, 0.29) is 11.9 Å². The highest BCUT2D eigenvalue weighted by atomic mass is 79.9. The number of fused-ring (bicyclic) bond motifs is 1. The minimum Gasteiger partial charge on any atom is -0.490 e. The van der Waals surface area contributed by atoms with Crippen molar-refractivity contribution in [2.24, 2.45) is 0 Å². The lowest BCUT2D eigenvalue weighted by Crippen LogP contribution is -2.27. The molecule has 0 amide bonds. The van der Waals surface area contributed by atoms with Crippen LogP contribution in [0, 0.1) is 5.82 Å². The molecule has 19 heavy (non-hydrogen) atoms. The largest absolute Gasteiger partial charge is 0.490 e. The molecule has 1 atom stereocenters. The minimum absolute atomic E-state index is 0.0715. The van der Waals surface area contributed by atoms with E-state index in [2.05, 4.69) is 21.2 Å². The molecule has 3 rings (SSSR count). The summed E-state index contributed by atoms with van der Waals surface area (Å²) in [6.45, 7) is 2.12. The van der Waals surface area contributed by atoms with Gasteiger partial charge in [0.25, 0.3) is 0 Å². The molecule has 2 aliphatic heterocycles. The van der Waals surface area contributed by atoms with Crippen LogP contribution in [0.15, 0.2) is 10.5 Å². The molecule has 0 saturated carbocycles. The Morgan fingerprint density at radius 3 is 2.84 bits per heavy atom. The molecule has 1 saturated heterocycles. The van der Waals surface area contributed by atoms with Crippen LogP contribution in [0.5, 0.6) is 11.5 Å².